The van der Waals surface area contributed by atoms with Crippen LogP contribution in [-0.2, 0) is 33.1 Å². The maximum atomic E-state index is 9.19. The fourth-order valence-corrected chi connectivity index (χ4v) is 5.10. The second-order valence-electron chi connectivity index (χ2n) is 7.87. The molecule has 33 heavy (non-hydrogen) atoms. The first-order valence-corrected chi connectivity index (χ1v) is 15.0. The minimum Gasteiger partial charge on any atom is -0.314 e. The van der Waals surface area contributed by atoms with Crippen molar-refractivity contribution in [1.29, 1.82) is 0 Å². The maximum Gasteiger partial charge on any atom is 0.261 e. The predicted octanol–water partition coefficient (Wildman–Crippen LogP) is 2.91. The molecule has 1 fully saturated rings. The minimum atomic E-state index is -3.67. The summed E-state index contributed by atoms with van der Waals surface area (Å²) in [6, 6.07) is 16.4. The molecule has 1 unspecified atom stereocenters. The van der Waals surface area contributed by atoms with Crippen molar-refractivity contribution in [2.24, 2.45) is 0 Å². The Bertz CT molecular complexity index is 1080. The Morgan fingerprint density at radius 1 is 0.970 bits per heavy atom. The van der Waals surface area contributed by atoms with E-state index in [4.69, 9.17) is 9.11 Å². The molecule has 3 N–H and O–H groups in total. The van der Waals surface area contributed by atoms with Crippen LogP contribution in [0.25, 0.3) is 0 Å². The van der Waals surface area contributed by atoms with Crippen LogP contribution in [0, 0.1) is 0 Å². The molecule has 0 aromatic heterocycles. The standard InChI is InChI=1S/C20H24N2S.2CH4O3S/c1-2-15-7-5-8-17-18(22-12-10-21-11-13-22)14-16-6-3-4-9-19(16)23-20(15)17;2*1-5(2,3)4/h3-9,18,21H,2,10-14H2,1H3;2*1H3,(H,2,3,4). The zero-order valence-electron chi connectivity index (χ0n) is 19.1. The molecule has 0 bridgehead atoms. The number of nitrogens with zero attached hydrogens (tertiary/aromatic N) is 1. The van der Waals surface area contributed by atoms with Crippen LogP contribution in [0.5, 0.6) is 0 Å². The van der Waals surface area contributed by atoms with Crippen LogP contribution in [-0.4, -0.2) is 69.5 Å². The molecule has 2 aromatic carbocycles. The number of hydrogen-bond acceptors (Lipinski definition) is 7. The van der Waals surface area contributed by atoms with Crippen molar-refractivity contribution in [2.75, 3.05) is 38.7 Å². The smallest absolute Gasteiger partial charge is 0.261 e. The van der Waals surface area contributed by atoms with E-state index >= 15 is 0 Å². The van der Waals surface area contributed by atoms with E-state index in [2.05, 4.69) is 59.6 Å². The zero-order chi connectivity index (χ0) is 24.6. The third-order valence-electron chi connectivity index (χ3n) is 5.06. The number of rotatable bonds is 2. The van der Waals surface area contributed by atoms with Crippen molar-refractivity contribution < 1.29 is 25.9 Å². The van der Waals surface area contributed by atoms with Gasteiger partial charge in [0.05, 0.1) is 12.5 Å². The summed E-state index contributed by atoms with van der Waals surface area (Å²) < 4.78 is 51.7. The summed E-state index contributed by atoms with van der Waals surface area (Å²) in [7, 11) is -7.33. The topological polar surface area (TPSA) is 124 Å². The fraction of sp³-hybridized carbons (Fsp3) is 0.455. The highest BCUT2D eigenvalue weighted by Gasteiger charge is 2.29. The van der Waals surface area contributed by atoms with E-state index < -0.39 is 20.2 Å². The van der Waals surface area contributed by atoms with E-state index in [1.165, 1.54) is 26.5 Å². The monoisotopic (exact) mass is 516 g/mol. The SMILES string of the molecule is CCc1cccc2c1Sc1ccccc1CC2N1CCNCC1.CS(=O)(=O)O.CS(=O)(=O)O. The van der Waals surface area contributed by atoms with E-state index in [0.717, 1.165) is 39.0 Å². The van der Waals surface area contributed by atoms with E-state index in [1.807, 2.05) is 11.8 Å². The fourth-order valence-electron chi connectivity index (χ4n) is 3.79. The lowest BCUT2D eigenvalue weighted by Gasteiger charge is -2.35. The molecule has 2 aliphatic rings. The summed E-state index contributed by atoms with van der Waals surface area (Å²) in [4.78, 5) is 5.62. The van der Waals surface area contributed by atoms with Crippen molar-refractivity contribution >= 4 is 32.0 Å². The Morgan fingerprint density at radius 3 is 2.12 bits per heavy atom. The quantitative estimate of drug-likeness (QED) is 0.517. The summed E-state index contributed by atoms with van der Waals surface area (Å²) in [5.74, 6) is 0. The highest BCUT2D eigenvalue weighted by Crippen LogP contribution is 2.44. The summed E-state index contributed by atoms with van der Waals surface area (Å²) >= 11 is 1.98. The average Bonchev–Trinajstić information content (AvgIpc) is 2.88. The third-order valence-corrected chi connectivity index (χ3v) is 6.38. The Kier molecular flexibility index (Phi) is 10.3. The highest BCUT2D eigenvalue weighted by atomic mass is 32.2. The molecule has 0 aliphatic carbocycles. The van der Waals surface area contributed by atoms with Gasteiger partial charge in [-0.1, -0.05) is 55.1 Å². The van der Waals surface area contributed by atoms with Crippen LogP contribution in [0.1, 0.15) is 29.7 Å². The Balaban J connectivity index is 0.000000327. The largest absolute Gasteiger partial charge is 0.314 e. The van der Waals surface area contributed by atoms with Gasteiger partial charge in [-0.15, -0.1) is 0 Å². The van der Waals surface area contributed by atoms with Gasteiger partial charge in [0.1, 0.15) is 0 Å². The predicted molar refractivity (Wildman–Crippen MR) is 132 cm³/mol. The summed E-state index contributed by atoms with van der Waals surface area (Å²) in [6.07, 6.45) is 3.66. The average molecular weight is 517 g/mol. The number of aryl methyl sites for hydroxylation is 1. The van der Waals surface area contributed by atoms with Crippen LogP contribution in [0.15, 0.2) is 52.3 Å². The molecular weight excluding hydrogens is 484 g/mol. The number of nitrogens with one attached hydrogen (secondary N) is 1. The van der Waals surface area contributed by atoms with E-state index in [9.17, 15) is 16.8 Å². The van der Waals surface area contributed by atoms with Gasteiger partial charge in [-0.05, 0) is 35.6 Å². The maximum absolute atomic E-state index is 9.19. The number of fused-ring (bicyclic) bond motifs is 2. The number of piperazine rings is 1. The summed E-state index contributed by atoms with van der Waals surface area (Å²) in [5, 5.41) is 3.49. The molecule has 0 spiro atoms. The molecule has 0 radical (unpaired) electrons. The van der Waals surface area contributed by atoms with Gasteiger partial charge in [0.2, 0.25) is 0 Å². The second-order valence-corrected chi connectivity index (χ2v) is 11.9. The van der Waals surface area contributed by atoms with Gasteiger partial charge in [-0.2, -0.15) is 16.8 Å². The lowest BCUT2D eigenvalue weighted by Crippen LogP contribution is -2.45. The molecule has 2 aliphatic heterocycles. The molecule has 8 nitrogen and oxygen atoms in total. The van der Waals surface area contributed by atoms with Gasteiger partial charge in [0, 0.05) is 42.0 Å². The Labute approximate surface area is 201 Å². The van der Waals surface area contributed by atoms with Gasteiger partial charge in [-0.25, -0.2) is 0 Å². The zero-order valence-corrected chi connectivity index (χ0v) is 21.5. The van der Waals surface area contributed by atoms with Gasteiger partial charge in [-0.3, -0.25) is 14.0 Å². The molecule has 1 atom stereocenters. The molecule has 11 heteroatoms. The first-order chi connectivity index (χ1) is 15.4. The molecule has 2 heterocycles. The first-order valence-electron chi connectivity index (χ1n) is 10.5. The van der Waals surface area contributed by atoms with Crippen LogP contribution in [0.2, 0.25) is 0 Å². The molecule has 1 saturated heterocycles. The van der Waals surface area contributed by atoms with Crippen LogP contribution >= 0.6 is 11.8 Å². The summed E-state index contributed by atoms with van der Waals surface area (Å²) in [6.45, 7) is 6.77. The van der Waals surface area contributed by atoms with Crippen molar-refractivity contribution in [3.8, 4) is 0 Å². The second kappa shape index (κ2) is 12.3. The van der Waals surface area contributed by atoms with Crippen molar-refractivity contribution in [3.63, 3.8) is 0 Å². The van der Waals surface area contributed by atoms with Gasteiger partial charge in [0.15, 0.2) is 0 Å². The Hall–Kier alpha value is -1.47. The molecule has 0 saturated carbocycles. The first kappa shape index (κ1) is 27.8. The number of benzene rings is 2. The van der Waals surface area contributed by atoms with Crippen molar-refractivity contribution in [3.05, 3.63) is 59.2 Å². The van der Waals surface area contributed by atoms with E-state index in [-0.39, 0.29) is 0 Å². The van der Waals surface area contributed by atoms with Gasteiger partial charge in [0.25, 0.3) is 20.2 Å². The molecular formula is C22H32N2O6S3. The van der Waals surface area contributed by atoms with Crippen LogP contribution in [0.3, 0.4) is 0 Å². The summed E-state index contributed by atoms with van der Waals surface area (Å²) in [5.41, 5.74) is 4.52. The van der Waals surface area contributed by atoms with Crippen LogP contribution in [0.4, 0.5) is 0 Å². The lowest BCUT2D eigenvalue weighted by atomic mass is 9.95. The minimum absolute atomic E-state index is 0.509. The molecule has 4 rings (SSSR count). The molecule has 184 valence electrons. The Morgan fingerprint density at radius 2 is 1.55 bits per heavy atom. The normalized spacial score (nSPS) is 18.4. The lowest BCUT2D eigenvalue weighted by molar-refractivity contribution is 0.170. The molecule has 2 aromatic rings. The van der Waals surface area contributed by atoms with Crippen molar-refractivity contribution in [2.45, 2.75) is 35.6 Å². The third kappa shape index (κ3) is 10.1. The number of hydrogen-bond donors (Lipinski definition) is 3. The van der Waals surface area contributed by atoms with Gasteiger partial charge >= 0.3 is 0 Å². The van der Waals surface area contributed by atoms with Crippen LogP contribution < -0.4 is 5.32 Å². The van der Waals surface area contributed by atoms with Crippen molar-refractivity contribution in [1.82, 2.24) is 10.2 Å². The van der Waals surface area contributed by atoms with E-state index in [0.29, 0.717) is 18.6 Å². The molecule has 0 amide bonds. The van der Waals surface area contributed by atoms with E-state index in [1.54, 1.807) is 0 Å². The van der Waals surface area contributed by atoms with Gasteiger partial charge < -0.3 is 5.32 Å². The highest BCUT2D eigenvalue weighted by molar-refractivity contribution is 7.99.